The summed E-state index contributed by atoms with van der Waals surface area (Å²) in [6.45, 7) is 7.62. The van der Waals surface area contributed by atoms with Gasteiger partial charge in [-0.25, -0.2) is 0 Å². The second kappa shape index (κ2) is 8.38. The molecule has 0 fully saturated rings. The Hall–Kier alpha value is -1.31. The van der Waals surface area contributed by atoms with Gasteiger partial charge in [0.25, 0.3) is 14.4 Å². The van der Waals surface area contributed by atoms with Crippen molar-refractivity contribution in [2.24, 2.45) is 11.8 Å². The number of carbonyl (C=O) groups excluding carboxylic acids is 1. The molecule has 2 aromatic heterocycles. The second-order valence-corrected chi connectivity index (χ2v) is 10.8. The molecule has 0 atom stereocenters. The average molecular weight is 423 g/mol. The molecule has 2 heterocycles. The molecule has 0 unspecified atom stereocenters. The molecule has 25 heavy (non-hydrogen) atoms. The summed E-state index contributed by atoms with van der Waals surface area (Å²) in [4.78, 5) is 11.6. The van der Waals surface area contributed by atoms with E-state index in [1.807, 2.05) is 0 Å². The molecule has 0 radical (unpaired) electrons. The molecule has 0 bridgehead atoms. The van der Waals surface area contributed by atoms with Crippen LogP contribution >= 0.6 is 34.4 Å². The zero-order chi connectivity index (χ0) is 18.6. The molecule has 2 aromatic rings. The van der Waals surface area contributed by atoms with Gasteiger partial charge in [-0.2, -0.15) is 8.42 Å². The number of nitrogens with one attached hydrogen (secondary N) is 2. The molecule has 0 saturated carbocycles. The highest BCUT2D eigenvalue weighted by Gasteiger charge is 2.23. The van der Waals surface area contributed by atoms with Gasteiger partial charge in [-0.05, 0) is 5.92 Å². The highest BCUT2D eigenvalue weighted by atomic mass is 32.2. The van der Waals surface area contributed by atoms with E-state index in [2.05, 4.69) is 44.3 Å². The predicted molar refractivity (Wildman–Crippen MR) is 99.7 cm³/mol. The zero-order valence-corrected chi connectivity index (χ0v) is 17.3. The number of rotatable bonds is 8. The number of hydrogen-bond acceptors (Lipinski definition) is 10. The van der Waals surface area contributed by atoms with Crippen LogP contribution in [-0.4, -0.2) is 40.5 Å². The van der Waals surface area contributed by atoms with Gasteiger partial charge >= 0.3 is 0 Å². The standard InChI is InChI=1S/C12H18N6O3S4/c1-6(2)5-22-11-16-15-10(23-11)18-25(20,21)12-17-14-9(24-12)13-8(19)7(3)4/h6-7H,5H2,1-4H3,(H,15,18)(H,13,14,19). The molecule has 0 saturated heterocycles. The van der Waals surface area contributed by atoms with Crippen molar-refractivity contribution in [2.45, 2.75) is 36.4 Å². The van der Waals surface area contributed by atoms with E-state index in [9.17, 15) is 13.2 Å². The number of hydrogen-bond donors (Lipinski definition) is 2. The summed E-state index contributed by atoms with van der Waals surface area (Å²) in [6, 6.07) is 0. The van der Waals surface area contributed by atoms with Gasteiger partial charge in [-0.15, -0.1) is 20.4 Å². The zero-order valence-electron chi connectivity index (χ0n) is 14.0. The van der Waals surface area contributed by atoms with Crippen LogP contribution in [0.1, 0.15) is 27.7 Å². The molecule has 0 aromatic carbocycles. The lowest BCUT2D eigenvalue weighted by Crippen LogP contribution is -2.17. The molecule has 2 N–H and O–H groups in total. The van der Waals surface area contributed by atoms with Crippen molar-refractivity contribution in [1.82, 2.24) is 20.4 Å². The third-order valence-electron chi connectivity index (χ3n) is 2.56. The van der Waals surface area contributed by atoms with Crippen molar-refractivity contribution in [3.8, 4) is 0 Å². The summed E-state index contributed by atoms with van der Waals surface area (Å²) in [5.74, 6) is 0.862. The van der Waals surface area contributed by atoms with Crippen molar-refractivity contribution < 1.29 is 13.2 Å². The SMILES string of the molecule is CC(C)CSc1nnc(NS(=O)(=O)c2nnc(NC(=O)C(C)C)s2)s1. The molecule has 2 rings (SSSR count). The molecule has 13 heteroatoms. The van der Waals surface area contributed by atoms with E-state index in [0.29, 0.717) is 10.3 Å². The maximum atomic E-state index is 12.3. The average Bonchev–Trinajstić information content (AvgIpc) is 3.14. The van der Waals surface area contributed by atoms with E-state index in [1.54, 1.807) is 13.8 Å². The minimum absolute atomic E-state index is 0.129. The first-order chi connectivity index (χ1) is 11.7. The monoisotopic (exact) mass is 422 g/mol. The lowest BCUT2D eigenvalue weighted by atomic mass is 10.2. The summed E-state index contributed by atoms with van der Waals surface area (Å²) < 4.78 is 27.4. The number of sulfonamides is 1. The Morgan fingerprint density at radius 1 is 1.08 bits per heavy atom. The van der Waals surface area contributed by atoms with Crippen molar-refractivity contribution in [3.05, 3.63) is 0 Å². The van der Waals surface area contributed by atoms with Gasteiger partial charge in [0.2, 0.25) is 16.2 Å². The molecule has 0 aliphatic rings. The number of carbonyl (C=O) groups is 1. The Kier molecular flexibility index (Phi) is 6.71. The van der Waals surface area contributed by atoms with Crippen LogP contribution in [0.25, 0.3) is 0 Å². The van der Waals surface area contributed by atoms with Gasteiger partial charge in [0, 0.05) is 11.7 Å². The van der Waals surface area contributed by atoms with E-state index < -0.39 is 10.0 Å². The van der Waals surface area contributed by atoms with E-state index in [0.717, 1.165) is 28.4 Å². The Bertz CT molecular complexity index is 830. The van der Waals surface area contributed by atoms with E-state index in [1.165, 1.54) is 11.8 Å². The minimum atomic E-state index is -3.92. The highest BCUT2D eigenvalue weighted by molar-refractivity contribution is 8.01. The first-order valence-corrected chi connectivity index (χ1v) is 11.4. The Labute approximate surface area is 158 Å². The number of nitrogens with zero attached hydrogens (tertiary/aromatic N) is 4. The Balaban J connectivity index is 2.04. The molecule has 9 nitrogen and oxygen atoms in total. The van der Waals surface area contributed by atoms with E-state index in [4.69, 9.17) is 0 Å². The Morgan fingerprint density at radius 2 is 1.76 bits per heavy atom. The van der Waals surface area contributed by atoms with Crippen molar-refractivity contribution in [3.63, 3.8) is 0 Å². The van der Waals surface area contributed by atoms with Crippen LogP contribution < -0.4 is 10.0 Å². The predicted octanol–water partition coefficient (Wildman–Crippen LogP) is 2.53. The first kappa shape index (κ1) is 20.0. The maximum Gasteiger partial charge on any atom is 0.293 e. The summed E-state index contributed by atoms with van der Waals surface area (Å²) in [7, 11) is -3.92. The largest absolute Gasteiger partial charge is 0.300 e. The quantitative estimate of drug-likeness (QED) is 0.491. The van der Waals surface area contributed by atoms with Crippen LogP contribution in [0.4, 0.5) is 10.3 Å². The number of amides is 1. The maximum absolute atomic E-state index is 12.3. The molecular weight excluding hydrogens is 404 g/mol. The van der Waals surface area contributed by atoms with Crippen LogP contribution in [0.2, 0.25) is 0 Å². The van der Waals surface area contributed by atoms with Crippen molar-refractivity contribution in [1.29, 1.82) is 0 Å². The van der Waals surface area contributed by atoms with Crippen LogP contribution in [0.5, 0.6) is 0 Å². The van der Waals surface area contributed by atoms with Crippen LogP contribution in [-0.2, 0) is 14.8 Å². The lowest BCUT2D eigenvalue weighted by Gasteiger charge is -2.02. The number of aromatic nitrogens is 4. The third-order valence-corrected chi connectivity index (χ3v) is 7.63. The van der Waals surface area contributed by atoms with E-state index >= 15 is 0 Å². The molecule has 0 aliphatic carbocycles. The Morgan fingerprint density at radius 3 is 2.40 bits per heavy atom. The van der Waals surface area contributed by atoms with Crippen LogP contribution in [0.15, 0.2) is 8.68 Å². The smallest absolute Gasteiger partial charge is 0.293 e. The first-order valence-electron chi connectivity index (χ1n) is 7.31. The third kappa shape index (κ3) is 5.87. The minimum Gasteiger partial charge on any atom is -0.300 e. The highest BCUT2D eigenvalue weighted by Crippen LogP contribution is 2.29. The van der Waals surface area contributed by atoms with Gasteiger partial charge in [0.05, 0.1) is 0 Å². The van der Waals surface area contributed by atoms with Gasteiger partial charge in [-0.3, -0.25) is 9.52 Å². The summed E-state index contributed by atoms with van der Waals surface area (Å²) in [6.07, 6.45) is 0. The van der Waals surface area contributed by atoms with Gasteiger partial charge in [-0.1, -0.05) is 62.1 Å². The topological polar surface area (TPSA) is 127 Å². The van der Waals surface area contributed by atoms with E-state index in [-0.39, 0.29) is 26.4 Å². The molecule has 1 amide bonds. The summed E-state index contributed by atoms with van der Waals surface area (Å²) in [5, 5.41) is 17.9. The molecular formula is C12H18N6O3S4. The van der Waals surface area contributed by atoms with Crippen LogP contribution in [0.3, 0.4) is 0 Å². The fourth-order valence-corrected chi connectivity index (χ4v) is 5.19. The fraction of sp³-hybridized carbons (Fsp3) is 0.583. The summed E-state index contributed by atoms with van der Waals surface area (Å²) in [5.41, 5.74) is 0. The summed E-state index contributed by atoms with van der Waals surface area (Å²) >= 11 is 3.45. The van der Waals surface area contributed by atoms with Gasteiger partial charge in [0.1, 0.15) is 0 Å². The van der Waals surface area contributed by atoms with Crippen LogP contribution in [0, 0.1) is 11.8 Å². The fourth-order valence-electron chi connectivity index (χ4n) is 1.32. The number of anilines is 2. The second-order valence-electron chi connectivity index (χ2n) is 5.70. The molecule has 0 aliphatic heterocycles. The molecule has 0 spiro atoms. The lowest BCUT2D eigenvalue weighted by molar-refractivity contribution is -0.118. The van der Waals surface area contributed by atoms with Gasteiger partial charge in [0.15, 0.2) is 4.34 Å². The molecule has 138 valence electrons. The van der Waals surface area contributed by atoms with Gasteiger partial charge < -0.3 is 5.32 Å². The normalized spacial score (nSPS) is 11.9. The van der Waals surface area contributed by atoms with Crippen molar-refractivity contribution >= 4 is 60.6 Å². The number of thioether (sulfide) groups is 1. The van der Waals surface area contributed by atoms with Crippen molar-refractivity contribution in [2.75, 3.05) is 15.8 Å².